The second-order valence-electron chi connectivity index (χ2n) is 4.78. The minimum Gasteiger partial charge on any atom is -0.366 e. The molecule has 0 unspecified atom stereocenters. The van der Waals surface area contributed by atoms with Crippen LogP contribution in [0.25, 0.3) is 23.1 Å². The fraction of sp³-hybridized carbons (Fsp3) is 0. The first-order valence-electron chi connectivity index (χ1n) is 6.65. The van der Waals surface area contributed by atoms with Crippen molar-refractivity contribution in [2.45, 2.75) is 0 Å². The minimum absolute atomic E-state index is 0.413. The van der Waals surface area contributed by atoms with Crippen molar-refractivity contribution in [2.75, 3.05) is 0 Å². The summed E-state index contributed by atoms with van der Waals surface area (Å²) >= 11 is 0. The number of primary amides is 1. The molecular formula is C18H14N2O. The van der Waals surface area contributed by atoms with Crippen LogP contribution in [0.2, 0.25) is 0 Å². The summed E-state index contributed by atoms with van der Waals surface area (Å²) in [7, 11) is 0. The van der Waals surface area contributed by atoms with Gasteiger partial charge in [0.2, 0.25) is 5.91 Å². The van der Waals surface area contributed by atoms with Gasteiger partial charge < -0.3 is 5.73 Å². The van der Waals surface area contributed by atoms with Crippen molar-refractivity contribution >= 4 is 29.0 Å². The lowest BCUT2D eigenvalue weighted by atomic mass is 10.1. The van der Waals surface area contributed by atoms with Gasteiger partial charge in [0.1, 0.15) is 0 Å². The number of fused-ring (bicyclic) bond motifs is 1. The zero-order valence-electron chi connectivity index (χ0n) is 11.4. The van der Waals surface area contributed by atoms with E-state index >= 15 is 0 Å². The van der Waals surface area contributed by atoms with E-state index in [2.05, 4.69) is 11.1 Å². The van der Waals surface area contributed by atoms with Crippen molar-refractivity contribution in [2.24, 2.45) is 5.73 Å². The third-order valence-corrected chi connectivity index (χ3v) is 3.28. The molecule has 2 N–H and O–H groups in total. The van der Waals surface area contributed by atoms with Gasteiger partial charge in [-0.3, -0.25) is 9.78 Å². The summed E-state index contributed by atoms with van der Waals surface area (Å²) in [6.45, 7) is 0. The number of pyridine rings is 1. The van der Waals surface area contributed by atoms with Crippen LogP contribution < -0.4 is 5.73 Å². The van der Waals surface area contributed by atoms with Gasteiger partial charge in [0.25, 0.3) is 0 Å². The summed E-state index contributed by atoms with van der Waals surface area (Å²) < 4.78 is 0. The molecule has 0 saturated carbocycles. The largest absolute Gasteiger partial charge is 0.366 e. The van der Waals surface area contributed by atoms with Gasteiger partial charge in [0, 0.05) is 17.1 Å². The van der Waals surface area contributed by atoms with Gasteiger partial charge in [0.15, 0.2) is 0 Å². The number of carbonyl (C=O) groups excluding carboxylic acids is 1. The Bertz CT molecular complexity index is 820. The molecule has 0 spiro atoms. The maximum atomic E-state index is 11.0. The lowest BCUT2D eigenvalue weighted by Gasteiger charge is -1.99. The zero-order chi connectivity index (χ0) is 14.7. The Morgan fingerprint density at radius 1 is 0.952 bits per heavy atom. The van der Waals surface area contributed by atoms with Gasteiger partial charge in [-0.1, -0.05) is 42.5 Å². The summed E-state index contributed by atoms with van der Waals surface area (Å²) in [6.07, 6.45) is 5.83. The van der Waals surface area contributed by atoms with Crippen molar-refractivity contribution < 1.29 is 4.79 Å². The monoisotopic (exact) mass is 274 g/mol. The van der Waals surface area contributed by atoms with Crippen LogP contribution in [0.1, 0.15) is 21.5 Å². The Balaban J connectivity index is 1.85. The van der Waals surface area contributed by atoms with E-state index in [4.69, 9.17) is 5.73 Å². The van der Waals surface area contributed by atoms with Crippen LogP contribution in [-0.2, 0) is 0 Å². The molecule has 3 heteroatoms. The number of hydrogen-bond donors (Lipinski definition) is 1. The lowest BCUT2D eigenvalue weighted by Crippen LogP contribution is -2.10. The van der Waals surface area contributed by atoms with Crippen molar-refractivity contribution in [3.63, 3.8) is 0 Å². The molecule has 2 aromatic carbocycles. The van der Waals surface area contributed by atoms with Crippen LogP contribution in [-0.4, -0.2) is 10.9 Å². The van der Waals surface area contributed by atoms with Crippen LogP contribution >= 0.6 is 0 Å². The van der Waals surface area contributed by atoms with E-state index in [-0.39, 0.29) is 0 Å². The van der Waals surface area contributed by atoms with E-state index in [1.807, 2.05) is 54.7 Å². The Hall–Kier alpha value is -2.94. The topological polar surface area (TPSA) is 56.0 Å². The number of nitrogens with zero attached hydrogens (tertiary/aromatic N) is 1. The maximum absolute atomic E-state index is 11.0. The predicted octanol–water partition coefficient (Wildman–Crippen LogP) is 3.50. The quantitative estimate of drug-likeness (QED) is 0.794. The Morgan fingerprint density at radius 3 is 2.43 bits per heavy atom. The standard InChI is InChI=1S/C18H14N2O/c19-18(21)15-9-7-13(8-10-15)5-6-14-11-16-3-1-2-4-17(16)20-12-14/h1-12H,(H2,19,21)/b6-5+. The highest BCUT2D eigenvalue weighted by molar-refractivity contribution is 5.93. The van der Waals surface area contributed by atoms with Crippen molar-refractivity contribution in [3.8, 4) is 0 Å². The molecular weight excluding hydrogens is 260 g/mol. The molecule has 21 heavy (non-hydrogen) atoms. The number of nitrogens with two attached hydrogens (primary N) is 1. The zero-order valence-corrected chi connectivity index (χ0v) is 11.4. The number of benzene rings is 2. The highest BCUT2D eigenvalue weighted by atomic mass is 16.1. The average molecular weight is 274 g/mol. The minimum atomic E-state index is -0.413. The summed E-state index contributed by atoms with van der Waals surface area (Å²) in [6, 6.07) is 17.3. The molecule has 0 aliphatic rings. The molecule has 0 aliphatic carbocycles. The average Bonchev–Trinajstić information content (AvgIpc) is 2.53. The lowest BCUT2D eigenvalue weighted by molar-refractivity contribution is 0.100. The van der Waals surface area contributed by atoms with Crippen LogP contribution in [0, 0.1) is 0 Å². The second kappa shape index (κ2) is 5.59. The molecule has 0 bridgehead atoms. The second-order valence-corrected chi connectivity index (χ2v) is 4.78. The molecule has 3 nitrogen and oxygen atoms in total. The molecule has 1 heterocycles. The Labute approximate surface area is 122 Å². The van der Waals surface area contributed by atoms with Crippen molar-refractivity contribution in [1.29, 1.82) is 0 Å². The van der Waals surface area contributed by atoms with E-state index in [1.54, 1.807) is 12.1 Å². The molecule has 0 saturated heterocycles. The predicted molar refractivity (Wildman–Crippen MR) is 85.6 cm³/mol. The van der Waals surface area contributed by atoms with Gasteiger partial charge in [-0.25, -0.2) is 0 Å². The third kappa shape index (κ3) is 2.98. The molecule has 1 amide bonds. The highest BCUT2D eigenvalue weighted by Gasteiger charge is 1.98. The van der Waals surface area contributed by atoms with Crippen LogP contribution in [0.5, 0.6) is 0 Å². The first kappa shape index (κ1) is 13.1. The fourth-order valence-corrected chi connectivity index (χ4v) is 2.13. The number of rotatable bonds is 3. The first-order valence-corrected chi connectivity index (χ1v) is 6.65. The number of para-hydroxylation sites is 1. The smallest absolute Gasteiger partial charge is 0.248 e. The SMILES string of the molecule is NC(=O)c1ccc(/C=C/c2cnc3ccccc3c2)cc1. The number of amides is 1. The Kier molecular flexibility index (Phi) is 3.48. The molecule has 3 rings (SSSR count). The van der Waals surface area contributed by atoms with E-state index in [0.717, 1.165) is 22.0 Å². The maximum Gasteiger partial charge on any atom is 0.248 e. The van der Waals surface area contributed by atoms with Crippen LogP contribution in [0.3, 0.4) is 0 Å². The number of hydrogen-bond acceptors (Lipinski definition) is 2. The molecule has 102 valence electrons. The fourth-order valence-electron chi connectivity index (χ4n) is 2.13. The number of carbonyl (C=O) groups is 1. The van der Waals surface area contributed by atoms with E-state index in [0.29, 0.717) is 5.56 Å². The summed E-state index contributed by atoms with van der Waals surface area (Å²) in [5.74, 6) is -0.413. The Morgan fingerprint density at radius 2 is 1.67 bits per heavy atom. The van der Waals surface area contributed by atoms with E-state index in [1.165, 1.54) is 0 Å². The molecule has 0 fully saturated rings. The van der Waals surface area contributed by atoms with E-state index < -0.39 is 5.91 Å². The van der Waals surface area contributed by atoms with Crippen LogP contribution in [0.4, 0.5) is 0 Å². The summed E-state index contributed by atoms with van der Waals surface area (Å²) in [5.41, 5.74) is 8.76. The molecule has 1 aromatic heterocycles. The van der Waals surface area contributed by atoms with Gasteiger partial charge in [-0.05, 0) is 35.4 Å². The van der Waals surface area contributed by atoms with Crippen LogP contribution in [0.15, 0.2) is 60.8 Å². The highest BCUT2D eigenvalue weighted by Crippen LogP contribution is 2.15. The van der Waals surface area contributed by atoms with Gasteiger partial charge in [-0.2, -0.15) is 0 Å². The van der Waals surface area contributed by atoms with Gasteiger partial charge in [0.05, 0.1) is 5.52 Å². The molecule has 0 atom stereocenters. The molecule has 3 aromatic rings. The first-order chi connectivity index (χ1) is 10.2. The van der Waals surface area contributed by atoms with E-state index in [9.17, 15) is 4.79 Å². The van der Waals surface area contributed by atoms with Crippen molar-refractivity contribution in [3.05, 3.63) is 77.5 Å². The summed E-state index contributed by atoms with van der Waals surface area (Å²) in [4.78, 5) is 15.4. The normalized spacial score (nSPS) is 11.0. The van der Waals surface area contributed by atoms with Crippen molar-refractivity contribution in [1.82, 2.24) is 4.98 Å². The van der Waals surface area contributed by atoms with Gasteiger partial charge >= 0.3 is 0 Å². The third-order valence-electron chi connectivity index (χ3n) is 3.28. The van der Waals surface area contributed by atoms with Gasteiger partial charge in [-0.15, -0.1) is 0 Å². The molecule has 0 radical (unpaired) electrons. The number of aromatic nitrogens is 1. The summed E-state index contributed by atoms with van der Waals surface area (Å²) in [5, 5.41) is 1.11. The molecule has 0 aliphatic heterocycles.